The highest BCUT2D eigenvalue weighted by Gasteiger charge is 2.14. The van der Waals surface area contributed by atoms with Gasteiger partial charge < -0.3 is 10.7 Å². The molecule has 0 aliphatic carbocycles. The van der Waals surface area contributed by atoms with E-state index in [-0.39, 0.29) is 10.7 Å². The van der Waals surface area contributed by atoms with Crippen LogP contribution in [0.5, 0.6) is 0 Å². The summed E-state index contributed by atoms with van der Waals surface area (Å²) in [5.74, 6) is 0.818. The van der Waals surface area contributed by atoms with Crippen LogP contribution in [0.1, 0.15) is 12.2 Å². The highest BCUT2D eigenvalue weighted by Crippen LogP contribution is 2.29. The Bertz CT molecular complexity index is 597. The van der Waals surface area contributed by atoms with E-state index in [0.717, 1.165) is 24.4 Å². The quantitative estimate of drug-likeness (QED) is 0.649. The Morgan fingerprint density at radius 1 is 1.47 bits per heavy atom. The zero-order valence-corrected chi connectivity index (χ0v) is 10.9. The zero-order valence-electron chi connectivity index (χ0n) is 10.1. The fraction of sp³-hybridized carbons (Fsp3) is 0.250. The average molecular weight is 281 g/mol. The van der Waals surface area contributed by atoms with E-state index >= 15 is 0 Å². The van der Waals surface area contributed by atoms with Crippen molar-refractivity contribution in [1.29, 1.82) is 0 Å². The SMILES string of the molecule is NCCCc1ncc(-c2ccc(Cl)c([N+](=O)[O-])c2)[nH]1. The van der Waals surface area contributed by atoms with Crippen LogP contribution < -0.4 is 5.73 Å². The summed E-state index contributed by atoms with van der Waals surface area (Å²) < 4.78 is 0. The number of aromatic nitrogens is 2. The molecule has 2 aromatic rings. The smallest absolute Gasteiger partial charge is 0.288 e. The third-order valence-electron chi connectivity index (χ3n) is 2.70. The van der Waals surface area contributed by atoms with Gasteiger partial charge in [0.15, 0.2) is 0 Å². The summed E-state index contributed by atoms with van der Waals surface area (Å²) in [5.41, 5.74) is 6.73. The second kappa shape index (κ2) is 5.81. The van der Waals surface area contributed by atoms with Crippen molar-refractivity contribution in [1.82, 2.24) is 9.97 Å². The van der Waals surface area contributed by atoms with Gasteiger partial charge in [0, 0.05) is 18.1 Å². The minimum Gasteiger partial charge on any atom is -0.342 e. The Morgan fingerprint density at radius 3 is 2.95 bits per heavy atom. The maximum absolute atomic E-state index is 10.8. The monoisotopic (exact) mass is 280 g/mol. The number of halogens is 1. The molecule has 0 aliphatic heterocycles. The van der Waals surface area contributed by atoms with E-state index in [1.807, 2.05) is 0 Å². The van der Waals surface area contributed by atoms with E-state index in [1.54, 1.807) is 12.3 Å². The molecule has 0 amide bonds. The Labute approximate surface area is 114 Å². The Hall–Kier alpha value is -1.92. The summed E-state index contributed by atoms with van der Waals surface area (Å²) in [7, 11) is 0. The van der Waals surface area contributed by atoms with E-state index < -0.39 is 4.92 Å². The van der Waals surface area contributed by atoms with Gasteiger partial charge in [-0.15, -0.1) is 0 Å². The van der Waals surface area contributed by atoms with Crippen LogP contribution in [0.4, 0.5) is 5.69 Å². The maximum atomic E-state index is 10.8. The molecule has 0 atom stereocenters. The molecule has 100 valence electrons. The first-order chi connectivity index (χ1) is 9.11. The van der Waals surface area contributed by atoms with Crippen molar-refractivity contribution in [3.63, 3.8) is 0 Å². The van der Waals surface area contributed by atoms with Gasteiger partial charge in [-0.2, -0.15) is 0 Å². The van der Waals surface area contributed by atoms with Crippen molar-refractivity contribution < 1.29 is 4.92 Å². The van der Waals surface area contributed by atoms with E-state index in [2.05, 4.69) is 9.97 Å². The number of aryl methyl sites for hydroxylation is 1. The zero-order chi connectivity index (χ0) is 13.8. The molecule has 0 fully saturated rings. The molecule has 0 radical (unpaired) electrons. The number of imidazole rings is 1. The Balaban J connectivity index is 2.29. The predicted octanol–water partition coefficient (Wildman–Crippen LogP) is 2.53. The van der Waals surface area contributed by atoms with Gasteiger partial charge in [-0.05, 0) is 19.0 Å². The third kappa shape index (κ3) is 3.10. The predicted molar refractivity (Wildman–Crippen MR) is 73.1 cm³/mol. The summed E-state index contributed by atoms with van der Waals surface area (Å²) in [4.78, 5) is 17.7. The largest absolute Gasteiger partial charge is 0.342 e. The molecule has 6 nitrogen and oxygen atoms in total. The molecule has 3 N–H and O–H groups in total. The lowest BCUT2D eigenvalue weighted by atomic mass is 10.1. The second-order valence-electron chi connectivity index (χ2n) is 4.06. The van der Waals surface area contributed by atoms with E-state index in [9.17, 15) is 10.1 Å². The van der Waals surface area contributed by atoms with Crippen LogP contribution in [-0.4, -0.2) is 21.4 Å². The van der Waals surface area contributed by atoms with E-state index in [1.165, 1.54) is 12.1 Å². The topological polar surface area (TPSA) is 97.8 Å². The van der Waals surface area contributed by atoms with Crippen molar-refractivity contribution in [3.8, 4) is 11.3 Å². The summed E-state index contributed by atoms with van der Waals surface area (Å²) >= 11 is 5.77. The number of nitrogens with zero attached hydrogens (tertiary/aromatic N) is 2. The highest BCUT2D eigenvalue weighted by atomic mass is 35.5. The number of nitro benzene ring substituents is 1. The van der Waals surface area contributed by atoms with Crippen LogP contribution in [0.15, 0.2) is 24.4 Å². The molecule has 0 aliphatic rings. The first-order valence-electron chi connectivity index (χ1n) is 5.80. The molecule has 0 bridgehead atoms. The van der Waals surface area contributed by atoms with Crippen LogP contribution in [-0.2, 0) is 6.42 Å². The van der Waals surface area contributed by atoms with Crippen molar-refractivity contribution in [3.05, 3.63) is 45.4 Å². The number of nitrogens with two attached hydrogens (primary N) is 1. The summed E-state index contributed by atoms with van der Waals surface area (Å²) in [5, 5.41) is 11.0. The fourth-order valence-electron chi connectivity index (χ4n) is 1.73. The van der Waals surface area contributed by atoms with E-state index in [4.69, 9.17) is 17.3 Å². The summed E-state index contributed by atoms with van der Waals surface area (Å²) in [6.07, 6.45) is 3.25. The molecule has 1 aromatic heterocycles. The lowest BCUT2D eigenvalue weighted by Crippen LogP contribution is -2.01. The first-order valence-corrected chi connectivity index (χ1v) is 6.18. The summed E-state index contributed by atoms with van der Waals surface area (Å²) in [6.45, 7) is 0.600. The molecule has 0 spiro atoms. The number of hydrogen-bond acceptors (Lipinski definition) is 4. The number of benzene rings is 1. The highest BCUT2D eigenvalue weighted by molar-refractivity contribution is 6.32. The Morgan fingerprint density at radius 2 is 2.26 bits per heavy atom. The number of aromatic amines is 1. The van der Waals surface area contributed by atoms with Crippen molar-refractivity contribution in [2.24, 2.45) is 5.73 Å². The van der Waals surface area contributed by atoms with Gasteiger partial charge in [-0.1, -0.05) is 17.7 Å². The molecule has 0 saturated carbocycles. The lowest BCUT2D eigenvalue weighted by Gasteiger charge is -2.00. The number of H-pyrrole nitrogens is 1. The number of hydrogen-bond donors (Lipinski definition) is 2. The van der Waals surface area contributed by atoms with Gasteiger partial charge in [0.05, 0.1) is 16.8 Å². The van der Waals surface area contributed by atoms with Gasteiger partial charge in [-0.3, -0.25) is 10.1 Å². The fourth-order valence-corrected chi connectivity index (χ4v) is 1.91. The number of nitrogens with one attached hydrogen (secondary N) is 1. The molecule has 7 heteroatoms. The first kappa shape index (κ1) is 13.5. The molecular formula is C12H13ClN4O2. The molecular weight excluding hydrogens is 268 g/mol. The van der Waals surface area contributed by atoms with Crippen LogP contribution >= 0.6 is 11.6 Å². The average Bonchev–Trinajstić information content (AvgIpc) is 2.85. The lowest BCUT2D eigenvalue weighted by molar-refractivity contribution is -0.384. The van der Waals surface area contributed by atoms with Gasteiger partial charge >= 0.3 is 0 Å². The standard InChI is InChI=1S/C12H13ClN4O2/c13-9-4-3-8(6-11(9)17(18)19)10-7-15-12(16-10)2-1-5-14/h3-4,6-7H,1-2,5,14H2,(H,15,16). The van der Waals surface area contributed by atoms with Crippen molar-refractivity contribution in [2.45, 2.75) is 12.8 Å². The van der Waals surface area contributed by atoms with Gasteiger partial charge in [0.25, 0.3) is 5.69 Å². The normalized spacial score (nSPS) is 10.6. The molecule has 1 heterocycles. The molecule has 0 saturated heterocycles. The van der Waals surface area contributed by atoms with Crippen molar-refractivity contribution in [2.75, 3.05) is 6.54 Å². The minimum absolute atomic E-state index is 0.114. The molecule has 2 rings (SSSR count). The van der Waals surface area contributed by atoms with Crippen LogP contribution in [0, 0.1) is 10.1 Å². The Kier molecular flexibility index (Phi) is 4.13. The van der Waals surface area contributed by atoms with Gasteiger partial charge in [-0.25, -0.2) is 4.98 Å². The molecule has 19 heavy (non-hydrogen) atoms. The van der Waals surface area contributed by atoms with Crippen LogP contribution in [0.25, 0.3) is 11.3 Å². The number of nitro groups is 1. The van der Waals surface area contributed by atoms with Crippen LogP contribution in [0.2, 0.25) is 5.02 Å². The van der Waals surface area contributed by atoms with E-state index in [0.29, 0.717) is 12.1 Å². The molecule has 0 unspecified atom stereocenters. The maximum Gasteiger partial charge on any atom is 0.288 e. The number of rotatable bonds is 5. The summed E-state index contributed by atoms with van der Waals surface area (Å²) in [6, 6.07) is 4.66. The third-order valence-corrected chi connectivity index (χ3v) is 3.02. The van der Waals surface area contributed by atoms with Crippen LogP contribution in [0.3, 0.4) is 0 Å². The second-order valence-corrected chi connectivity index (χ2v) is 4.47. The van der Waals surface area contributed by atoms with Gasteiger partial charge in [0.2, 0.25) is 0 Å². The van der Waals surface area contributed by atoms with Crippen molar-refractivity contribution >= 4 is 17.3 Å². The molecule has 1 aromatic carbocycles. The minimum atomic E-state index is -0.502. The van der Waals surface area contributed by atoms with Gasteiger partial charge in [0.1, 0.15) is 10.8 Å².